The van der Waals surface area contributed by atoms with Crippen LogP contribution >= 0.6 is 27.5 Å². The van der Waals surface area contributed by atoms with E-state index < -0.39 is 0 Å². The van der Waals surface area contributed by atoms with Crippen LogP contribution in [0.4, 0.5) is 0 Å². The number of H-pyrrole nitrogens is 1. The van der Waals surface area contributed by atoms with Gasteiger partial charge in [0.15, 0.2) is 0 Å². The Morgan fingerprint density at radius 2 is 1.87 bits per heavy atom. The Morgan fingerprint density at radius 1 is 1.09 bits per heavy atom. The largest absolute Gasteiger partial charge is 0.360 e. The van der Waals surface area contributed by atoms with Gasteiger partial charge >= 0.3 is 0 Å². The highest BCUT2D eigenvalue weighted by Gasteiger charge is 2.15. The van der Waals surface area contributed by atoms with Crippen molar-refractivity contribution in [2.45, 2.75) is 6.54 Å². The van der Waals surface area contributed by atoms with Gasteiger partial charge in [0.2, 0.25) is 0 Å². The maximum Gasteiger partial charge on any atom is 0.132 e. The number of fused-ring (bicyclic) bond motifs is 1. The van der Waals surface area contributed by atoms with Gasteiger partial charge in [0, 0.05) is 34.2 Å². The molecule has 2 aromatic heterocycles. The average Bonchev–Trinajstić information content (AvgIpc) is 3.13. The number of aromatic amines is 1. The lowest BCUT2D eigenvalue weighted by Gasteiger charge is -2.08. The van der Waals surface area contributed by atoms with E-state index in [0.29, 0.717) is 0 Å². The van der Waals surface area contributed by atoms with Gasteiger partial charge in [0.05, 0.1) is 12.0 Å². The van der Waals surface area contributed by atoms with Crippen LogP contribution in [0.5, 0.6) is 0 Å². The second-order valence-corrected chi connectivity index (χ2v) is 6.57. The molecule has 0 unspecified atom stereocenters. The molecule has 114 valence electrons. The summed E-state index contributed by atoms with van der Waals surface area (Å²) in [6, 6.07) is 16.2. The third-order valence-corrected chi connectivity index (χ3v) is 4.74. The highest BCUT2D eigenvalue weighted by Crippen LogP contribution is 2.33. The van der Waals surface area contributed by atoms with Crippen molar-refractivity contribution in [3.63, 3.8) is 0 Å². The zero-order valence-corrected chi connectivity index (χ0v) is 14.5. The van der Waals surface area contributed by atoms with Crippen LogP contribution in [-0.4, -0.2) is 14.5 Å². The molecule has 0 radical (unpaired) electrons. The van der Waals surface area contributed by atoms with Crippen LogP contribution in [0, 0.1) is 0 Å². The van der Waals surface area contributed by atoms with E-state index in [4.69, 9.17) is 11.6 Å². The number of benzene rings is 2. The van der Waals surface area contributed by atoms with E-state index in [1.807, 2.05) is 48.9 Å². The van der Waals surface area contributed by atoms with Gasteiger partial charge in [-0.1, -0.05) is 41.9 Å². The van der Waals surface area contributed by atoms with Gasteiger partial charge in [-0.05, 0) is 39.7 Å². The summed E-state index contributed by atoms with van der Waals surface area (Å²) in [5, 5.41) is 1.93. The first-order valence-corrected chi connectivity index (χ1v) is 8.41. The number of imidazole rings is 1. The summed E-state index contributed by atoms with van der Waals surface area (Å²) in [6.07, 6.45) is 3.89. The smallest absolute Gasteiger partial charge is 0.132 e. The Labute approximate surface area is 147 Å². The second-order valence-electron chi connectivity index (χ2n) is 5.39. The van der Waals surface area contributed by atoms with E-state index in [9.17, 15) is 0 Å². The van der Waals surface area contributed by atoms with Crippen molar-refractivity contribution < 1.29 is 0 Å². The molecule has 0 aliphatic rings. The molecular weight excluding hydrogens is 374 g/mol. The quantitative estimate of drug-likeness (QED) is 0.496. The normalized spacial score (nSPS) is 11.2. The topological polar surface area (TPSA) is 33.6 Å². The number of rotatable bonds is 3. The van der Waals surface area contributed by atoms with Gasteiger partial charge in [0.25, 0.3) is 0 Å². The van der Waals surface area contributed by atoms with Gasteiger partial charge in [-0.2, -0.15) is 0 Å². The Hall–Kier alpha value is -2.04. The summed E-state index contributed by atoms with van der Waals surface area (Å²) >= 11 is 9.55. The molecule has 3 nitrogen and oxygen atoms in total. The van der Waals surface area contributed by atoms with Crippen molar-refractivity contribution >= 4 is 38.4 Å². The first-order valence-electron chi connectivity index (χ1n) is 7.24. The molecule has 23 heavy (non-hydrogen) atoms. The Morgan fingerprint density at radius 3 is 2.70 bits per heavy atom. The average molecular weight is 387 g/mol. The molecular formula is C18H13BrClN3. The van der Waals surface area contributed by atoms with Crippen molar-refractivity contribution in [2.24, 2.45) is 0 Å². The molecule has 4 rings (SSSR count). The van der Waals surface area contributed by atoms with E-state index in [1.165, 1.54) is 10.9 Å². The molecule has 0 spiro atoms. The zero-order chi connectivity index (χ0) is 15.8. The number of nitrogens with one attached hydrogen (secondary N) is 1. The molecule has 0 aliphatic carbocycles. The third-order valence-electron chi connectivity index (χ3n) is 3.90. The van der Waals surface area contributed by atoms with Crippen LogP contribution < -0.4 is 0 Å². The number of nitrogens with zero attached hydrogens (tertiary/aromatic N) is 2. The molecule has 5 heteroatoms. The van der Waals surface area contributed by atoms with Crippen molar-refractivity contribution in [1.29, 1.82) is 0 Å². The molecule has 0 aliphatic heterocycles. The Bertz CT molecular complexity index is 970. The summed E-state index contributed by atoms with van der Waals surface area (Å²) in [7, 11) is 0. The fraction of sp³-hybridized carbons (Fsp3) is 0.0556. The van der Waals surface area contributed by atoms with Crippen LogP contribution in [0.3, 0.4) is 0 Å². The van der Waals surface area contributed by atoms with Crippen molar-refractivity contribution in [2.75, 3.05) is 0 Å². The van der Waals surface area contributed by atoms with E-state index in [-0.39, 0.29) is 0 Å². The summed E-state index contributed by atoms with van der Waals surface area (Å²) < 4.78 is 2.99. The highest BCUT2D eigenvalue weighted by molar-refractivity contribution is 9.10. The molecule has 0 saturated heterocycles. The third kappa shape index (κ3) is 2.69. The predicted molar refractivity (Wildman–Crippen MR) is 97.8 cm³/mol. The first kappa shape index (κ1) is 14.5. The van der Waals surface area contributed by atoms with E-state index in [2.05, 4.69) is 42.6 Å². The molecule has 0 fully saturated rings. The van der Waals surface area contributed by atoms with Gasteiger partial charge in [-0.15, -0.1) is 0 Å². The molecule has 0 saturated carbocycles. The summed E-state index contributed by atoms with van der Waals surface area (Å²) in [6.45, 7) is 0.741. The molecule has 2 aromatic carbocycles. The molecule has 1 N–H and O–H groups in total. The van der Waals surface area contributed by atoms with Crippen LogP contribution in [0.25, 0.3) is 22.2 Å². The SMILES string of the molecule is Clc1ccc(Cn2cnc(Br)c2-c2c[nH]c3ccccc23)cc1. The van der Waals surface area contributed by atoms with Crippen molar-refractivity contribution in [1.82, 2.24) is 14.5 Å². The summed E-state index contributed by atoms with van der Waals surface area (Å²) in [5.41, 5.74) is 4.50. The standard InChI is InChI=1S/C18H13BrClN3/c19-18-17(15-9-21-16-4-2-1-3-14(15)16)23(11-22-18)10-12-5-7-13(20)8-6-12/h1-9,11,21H,10H2. The van der Waals surface area contributed by atoms with Gasteiger partial charge in [0.1, 0.15) is 4.60 Å². The number of aromatic nitrogens is 3. The first-order chi connectivity index (χ1) is 11.2. The second kappa shape index (κ2) is 5.87. The van der Waals surface area contributed by atoms with Crippen LogP contribution in [0.1, 0.15) is 5.56 Å². The number of hydrogen-bond acceptors (Lipinski definition) is 1. The molecule has 4 aromatic rings. The fourth-order valence-corrected chi connectivity index (χ4v) is 3.46. The highest BCUT2D eigenvalue weighted by atomic mass is 79.9. The number of hydrogen-bond donors (Lipinski definition) is 1. The van der Waals surface area contributed by atoms with E-state index in [0.717, 1.165) is 32.9 Å². The Balaban J connectivity index is 1.80. The monoisotopic (exact) mass is 385 g/mol. The number of para-hydroxylation sites is 1. The maximum atomic E-state index is 5.97. The molecule has 0 atom stereocenters. The maximum absolute atomic E-state index is 5.97. The van der Waals surface area contributed by atoms with Crippen molar-refractivity contribution in [3.8, 4) is 11.3 Å². The minimum Gasteiger partial charge on any atom is -0.360 e. The van der Waals surface area contributed by atoms with Crippen LogP contribution in [-0.2, 0) is 6.54 Å². The lowest BCUT2D eigenvalue weighted by molar-refractivity contribution is 0.805. The Kier molecular flexibility index (Phi) is 3.71. The molecule has 2 heterocycles. The molecule has 0 bridgehead atoms. The van der Waals surface area contributed by atoms with E-state index >= 15 is 0 Å². The zero-order valence-electron chi connectivity index (χ0n) is 12.1. The lowest BCUT2D eigenvalue weighted by Crippen LogP contribution is -2.00. The van der Waals surface area contributed by atoms with Gasteiger partial charge in [-0.25, -0.2) is 4.98 Å². The lowest BCUT2D eigenvalue weighted by atomic mass is 10.1. The summed E-state index contributed by atoms with van der Waals surface area (Å²) in [5.74, 6) is 0. The van der Waals surface area contributed by atoms with Crippen molar-refractivity contribution in [3.05, 3.63) is 76.2 Å². The fourth-order valence-electron chi connectivity index (χ4n) is 2.80. The van der Waals surface area contributed by atoms with Crippen LogP contribution in [0.2, 0.25) is 5.02 Å². The van der Waals surface area contributed by atoms with Gasteiger partial charge in [-0.3, -0.25) is 0 Å². The minimum atomic E-state index is 0.741. The molecule has 0 amide bonds. The summed E-state index contributed by atoms with van der Waals surface area (Å²) in [4.78, 5) is 7.76. The van der Waals surface area contributed by atoms with Gasteiger partial charge < -0.3 is 9.55 Å². The predicted octanol–water partition coefficient (Wildman–Crippen LogP) is 5.50. The van der Waals surface area contributed by atoms with Crippen LogP contribution in [0.15, 0.2) is 65.7 Å². The minimum absolute atomic E-state index is 0.741. The number of halogens is 2. The van der Waals surface area contributed by atoms with E-state index in [1.54, 1.807) is 0 Å².